The van der Waals surface area contributed by atoms with Crippen molar-refractivity contribution in [2.75, 3.05) is 17.6 Å². The summed E-state index contributed by atoms with van der Waals surface area (Å²) in [4.78, 5) is 0. The van der Waals surface area contributed by atoms with E-state index in [1.807, 2.05) is 6.07 Å². The molecule has 11 heavy (non-hydrogen) atoms. The van der Waals surface area contributed by atoms with Crippen LogP contribution < -0.4 is 11.1 Å². The first-order valence-electron chi connectivity index (χ1n) is 3.33. The van der Waals surface area contributed by atoms with Gasteiger partial charge in [-0.15, -0.1) is 0 Å². The summed E-state index contributed by atoms with van der Waals surface area (Å²) >= 11 is 0. The first-order chi connectivity index (χ1) is 5.33. The van der Waals surface area contributed by atoms with E-state index in [2.05, 4.69) is 10.4 Å². The average molecular weight is 149 g/mol. The van der Waals surface area contributed by atoms with Crippen molar-refractivity contribution >= 4 is 11.5 Å². The van der Waals surface area contributed by atoms with Gasteiger partial charge >= 0.3 is 0 Å². The van der Waals surface area contributed by atoms with Gasteiger partial charge in [-0.05, 0) is 0 Å². The molecular formula is C6H7N5. The minimum absolute atomic E-state index is 0.312. The average Bonchev–Trinajstić information content (AvgIpc) is 2.53. The highest BCUT2D eigenvalue weighted by Crippen LogP contribution is 2.24. The van der Waals surface area contributed by atoms with Gasteiger partial charge in [0.05, 0.1) is 6.54 Å². The molecule has 3 N–H and O–H groups in total. The van der Waals surface area contributed by atoms with Crippen molar-refractivity contribution in [3.8, 4) is 6.07 Å². The van der Waals surface area contributed by atoms with E-state index < -0.39 is 0 Å². The molecule has 0 fully saturated rings. The maximum Gasteiger partial charge on any atom is 0.187 e. The molecule has 0 amide bonds. The molecule has 0 saturated carbocycles. The highest BCUT2D eigenvalue weighted by molar-refractivity contribution is 5.69. The van der Waals surface area contributed by atoms with E-state index in [1.54, 1.807) is 4.68 Å². The highest BCUT2D eigenvalue weighted by Gasteiger charge is 2.18. The molecule has 0 aliphatic carbocycles. The summed E-state index contributed by atoms with van der Waals surface area (Å²) in [5.74, 6) is 0.779. The molecule has 0 bridgehead atoms. The van der Waals surface area contributed by atoms with Gasteiger partial charge in [-0.25, -0.2) is 4.68 Å². The molecule has 5 nitrogen and oxygen atoms in total. The van der Waals surface area contributed by atoms with E-state index in [9.17, 15) is 0 Å². The first kappa shape index (κ1) is 6.04. The van der Waals surface area contributed by atoms with Crippen molar-refractivity contribution in [2.24, 2.45) is 0 Å². The predicted octanol–water partition coefficient (Wildman–Crippen LogP) is -0.238. The van der Waals surface area contributed by atoms with Gasteiger partial charge < -0.3 is 11.1 Å². The van der Waals surface area contributed by atoms with Crippen LogP contribution in [0.25, 0.3) is 0 Å². The van der Waals surface area contributed by atoms with Gasteiger partial charge in [-0.1, -0.05) is 0 Å². The van der Waals surface area contributed by atoms with Crippen LogP contribution in [0.4, 0.5) is 11.5 Å². The second kappa shape index (κ2) is 1.89. The monoisotopic (exact) mass is 149 g/mol. The molecule has 0 unspecified atom stereocenters. The molecule has 2 heterocycles. The van der Waals surface area contributed by atoms with E-state index >= 15 is 0 Å². The third-order valence-electron chi connectivity index (χ3n) is 1.71. The number of aromatic nitrogens is 2. The standard InChI is InChI=1S/C6H7N5/c7-3-4-5(8)6-9-1-2-11(6)10-4/h9H,1-2,8H2. The number of nitriles is 1. The Bertz CT molecular complexity index is 331. The third-order valence-corrected chi connectivity index (χ3v) is 1.71. The zero-order valence-electron chi connectivity index (χ0n) is 5.83. The van der Waals surface area contributed by atoms with Crippen LogP contribution in [0.1, 0.15) is 5.69 Å². The number of nitrogens with two attached hydrogens (primary N) is 1. The quantitative estimate of drug-likeness (QED) is 0.533. The zero-order valence-corrected chi connectivity index (χ0v) is 5.83. The number of nitrogen functional groups attached to an aromatic ring is 1. The van der Waals surface area contributed by atoms with Crippen LogP contribution in [-0.2, 0) is 6.54 Å². The number of nitrogens with zero attached hydrogens (tertiary/aromatic N) is 3. The smallest absolute Gasteiger partial charge is 0.187 e. The van der Waals surface area contributed by atoms with Gasteiger partial charge in [0, 0.05) is 6.54 Å². The van der Waals surface area contributed by atoms with Gasteiger partial charge in [0.15, 0.2) is 5.69 Å². The number of hydrogen-bond donors (Lipinski definition) is 2. The highest BCUT2D eigenvalue weighted by atomic mass is 15.4. The number of rotatable bonds is 0. The molecule has 0 atom stereocenters. The summed E-state index contributed by atoms with van der Waals surface area (Å²) in [5, 5.41) is 15.6. The molecule has 0 aromatic carbocycles. The largest absolute Gasteiger partial charge is 0.393 e. The topological polar surface area (TPSA) is 79.7 Å². The molecule has 0 radical (unpaired) electrons. The van der Waals surface area contributed by atoms with E-state index in [4.69, 9.17) is 11.0 Å². The number of hydrogen-bond acceptors (Lipinski definition) is 4. The molecule has 0 spiro atoms. The van der Waals surface area contributed by atoms with Crippen molar-refractivity contribution in [1.29, 1.82) is 5.26 Å². The Hall–Kier alpha value is -1.70. The van der Waals surface area contributed by atoms with Crippen molar-refractivity contribution in [3.05, 3.63) is 5.69 Å². The molecule has 1 aliphatic heterocycles. The number of fused-ring (bicyclic) bond motifs is 1. The van der Waals surface area contributed by atoms with Crippen LogP contribution in [0.15, 0.2) is 0 Å². The third kappa shape index (κ3) is 0.662. The maximum absolute atomic E-state index is 8.54. The Morgan fingerprint density at radius 1 is 1.73 bits per heavy atom. The summed E-state index contributed by atoms with van der Waals surface area (Å²) < 4.78 is 1.72. The van der Waals surface area contributed by atoms with Gasteiger partial charge in [-0.2, -0.15) is 10.4 Å². The van der Waals surface area contributed by atoms with Crippen LogP contribution in [0, 0.1) is 11.3 Å². The van der Waals surface area contributed by atoms with Crippen molar-refractivity contribution < 1.29 is 0 Å². The predicted molar refractivity (Wildman–Crippen MR) is 39.8 cm³/mol. The SMILES string of the molecule is N#Cc1nn2c(c1N)NCC2. The minimum atomic E-state index is 0.312. The van der Waals surface area contributed by atoms with Crippen molar-refractivity contribution in [3.63, 3.8) is 0 Å². The molecule has 5 heteroatoms. The normalized spacial score (nSPS) is 13.7. The summed E-state index contributed by atoms with van der Waals surface area (Å²) in [7, 11) is 0. The van der Waals surface area contributed by atoms with E-state index in [0.717, 1.165) is 18.9 Å². The lowest BCUT2D eigenvalue weighted by atomic mass is 10.4. The van der Waals surface area contributed by atoms with Crippen LogP contribution >= 0.6 is 0 Å². The Morgan fingerprint density at radius 2 is 2.55 bits per heavy atom. The fraction of sp³-hybridized carbons (Fsp3) is 0.333. The second-order valence-electron chi connectivity index (χ2n) is 2.37. The van der Waals surface area contributed by atoms with E-state index in [0.29, 0.717) is 11.4 Å². The van der Waals surface area contributed by atoms with E-state index in [1.165, 1.54) is 0 Å². The zero-order chi connectivity index (χ0) is 7.84. The molecule has 56 valence electrons. The summed E-state index contributed by atoms with van der Waals surface area (Å²) in [5.41, 5.74) is 6.37. The Balaban J connectivity index is 2.60. The molecular weight excluding hydrogens is 142 g/mol. The number of nitrogens with one attached hydrogen (secondary N) is 1. The lowest BCUT2D eigenvalue weighted by molar-refractivity contribution is 0.693. The van der Waals surface area contributed by atoms with Gasteiger partial charge in [0.1, 0.15) is 17.6 Å². The maximum atomic E-state index is 8.54. The summed E-state index contributed by atoms with van der Waals surface area (Å²) in [6, 6.07) is 1.93. The van der Waals surface area contributed by atoms with Crippen LogP contribution in [0.5, 0.6) is 0 Å². The van der Waals surface area contributed by atoms with Crippen LogP contribution in [0.2, 0.25) is 0 Å². The Morgan fingerprint density at radius 3 is 3.18 bits per heavy atom. The Labute approximate surface area is 63.4 Å². The second-order valence-corrected chi connectivity index (χ2v) is 2.37. The lowest BCUT2D eigenvalue weighted by Crippen LogP contribution is -1.98. The fourth-order valence-corrected chi connectivity index (χ4v) is 1.19. The molecule has 2 rings (SSSR count). The molecule has 1 aliphatic rings. The molecule has 0 saturated heterocycles. The summed E-state index contributed by atoms with van der Waals surface area (Å²) in [6.45, 7) is 1.64. The van der Waals surface area contributed by atoms with Gasteiger partial charge in [0.2, 0.25) is 0 Å². The fourth-order valence-electron chi connectivity index (χ4n) is 1.19. The van der Waals surface area contributed by atoms with Crippen LogP contribution in [-0.4, -0.2) is 16.3 Å². The number of anilines is 2. The first-order valence-corrected chi connectivity index (χ1v) is 3.33. The van der Waals surface area contributed by atoms with Crippen molar-refractivity contribution in [1.82, 2.24) is 9.78 Å². The minimum Gasteiger partial charge on any atom is -0.393 e. The van der Waals surface area contributed by atoms with Crippen molar-refractivity contribution in [2.45, 2.75) is 6.54 Å². The molecule has 1 aromatic rings. The summed E-state index contributed by atoms with van der Waals surface area (Å²) in [6.07, 6.45) is 0. The lowest BCUT2D eigenvalue weighted by Gasteiger charge is -1.92. The van der Waals surface area contributed by atoms with Gasteiger partial charge in [-0.3, -0.25) is 0 Å². The Kier molecular flexibility index (Phi) is 1.04. The molecule has 1 aromatic heterocycles. The van der Waals surface area contributed by atoms with Crippen LogP contribution in [0.3, 0.4) is 0 Å². The van der Waals surface area contributed by atoms with Gasteiger partial charge in [0.25, 0.3) is 0 Å². The van der Waals surface area contributed by atoms with E-state index in [-0.39, 0.29) is 0 Å².